The average molecular weight is 277 g/mol. The molecule has 0 saturated carbocycles. The number of aromatic nitrogens is 3. The topological polar surface area (TPSA) is 85.1 Å². The van der Waals surface area contributed by atoms with Crippen molar-refractivity contribution in [1.82, 2.24) is 15.0 Å². The fourth-order valence-electron chi connectivity index (χ4n) is 1.73. The highest BCUT2D eigenvalue weighted by Gasteiger charge is 2.10. The van der Waals surface area contributed by atoms with Gasteiger partial charge < -0.3 is 19.8 Å². The van der Waals surface area contributed by atoms with Crippen molar-refractivity contribution in [2.24, 2.45) is 0 Å². The van der Waals surface area contributed by atoms with E-state index in [9.17, 15) is 0 Å². The van der Waals surface area contributed by atoms with Crippen LogP contribution in [0.2, 0.25) is 0 Å². The summed E-state index contributed by atoms with van der Waals surface area (Å²) in [5.74, 6) is 1.86. The van der Waals surface area contributed by atoms with Crippen LogP contribution in [0.1, 0.15) is 19.6 Å². The summed E-state index contributed by atoms with van der Waals surface area (Å²) in [5.41, 5.74) is 0. The maximum absolute atomic E-state index is 5.32. The van der Waals surface area contributed by atoms with E-state index >= 15 is 0 Å². The first-order chi connectivity index (χ1) is 9.71. The summed E-state index contributed by atoms with van der Waals surface area (Å²) in [6.07, 6.45) is 2.41. The molecule has 0 spiro atoms. The molecule has 2 heterocycles. The summed E-state index contributed by atoms with van der Waals surface area (Å²) >= 11 is 0. The second kappa shape index (κ2) is 6.74. The summed E-state index contributed by atoms with van der Waals surface area (Å²) in [4.78, 5) is 12.6. The number of anilines is 2. The van der Waals surface area contributed by atoms with E-state index in [0.29, 0.717) is 24.5 Å². The number of ether oxygens (including phenoxy) is 1. The second-order valence-electron chi connectivity index (χ2n) is 4.28. The zero-order valence-corrected chi connectivity index (χ0v) is 11.9. The molecule has 7 heteroatoms. The first-order valence-corrected chi connectivity index (χ1v) is 6.56. The second-order valence-corrected chi connectivity index (χ2v) is 4.28. The van der Waals surface area contributed by atoms with Gasteiger partial charge in [-0.15, -0.1) is 0 Å². The van der Waals surface area contributed by atoms with E-state index in [2.05, 4.69) is 25.6 Å². The standard InChI is InChI=1S/C13H19N5O2/c1-4-19-13-17-11(14-3)16-12(18-13)15-9(2)8-10-6-5-7-20-10/h5-7,9H,4,8H2,1-3H3,(H2,14,15,16,17,18). The molecule has 2 rings (SSSR count). The molecule has 0 aromatic carbocycles. The number of rotatable bonds is 7. The van der Waals surface area contributed by atoms with Crippen LogP contribution in [0.5, 0.6) is 6.01 Å². The van der Waals surface area contributed by atoms with Crippen LogP contribution in [0.3, 0.4) is 0 Å². The largest absolute Gasteiger partial charge is 0.469 e. The maximum atomic E-state index is 5.32. The molecule has 2 aromatic rings. The van der Waals surface area contributed by atoms with Crippen molar-refractivity contribution in [3.63, 3.8) is 0 Å². The third-order valence-electron chi connectivity index (χ3n) is 2.57. The molecule has 0 aliphatic heterocycles. The highest BCUT2D eigenvalue weighted by molar-refractivity contribution is 5.36. The van der Waals surface area contributed by atoms with Gasteiger partial charge in [-0.3, -0.25) is 0 Å². The molecule has 0 aliphatic carbocycles. The Labute approximate surface area is 117 Å². The van der Waals surface area contributed by atoms with Gasteiger partial charge in [-0.25, -0.2) is 0 Å². The monoisotopic (exact) mass is 277 g/mol. The van der Waals surface area contributed by atoms with Crippen LogP contribution in [0.25, 0.3) is 0 Å². The van der Waals surface area contributed by atoms with Gasteiger partial charge in [0, 0.05) is 19.5 Å². The summed E-state index contributed by atoms with van der Waals surface area (Å²) < 4.78 is 10.6. The van der Waals surface area contributed by atoms with E-state index in [4.69, 9.17) is 9.15 Å². The van der Waals surface area contributed by atoms with Gasteiger partial charge in [0.25, 0.3) is 0 Å². The van der Waals surface area contributed by atoms with Crippen molar-refractivity contribution in [3.05, 3.63) is 24.2 Å². The van der Waals surface area contributed by atoms with Crippen molar-refractivity contribution >= 4 is 11.9 Å². The van der Waals surface area contributed by atoms with E-state index in [1.54, 1.807) is 13.3 Å². The molecule has 0 fully saturated rings. The molecular formula is C13H19N5O2. The molecule has 0 aliphatic rings. The van der Waals surface area contributed by atoms with Crippen LogP contribution < -0.4 is 15.4 Å². The smallest absolute Gasteiger partial charge is 0.323 e. The van der Waals surface area contributed by atoms with Gasteiger partial charge in [0.2, 0.25) is 11.9 Å². The number of hydrogen-bond donors (Lipinski definition) is 2. The fraction of sp³-hybridized carbons (Fsp3) is 0.462. The lowest BCUT2D eigenvalue weighted by Crippen LogP contribution is -2.20. The molecule has 0 saturated heterocycles. The van der Waals surface area contributed by atoms with Gasteiger partial charge in [-0.05, 0) is 26.0 Å². The Morgan fingerprint density at radius 2 is 2.10 bits per heavy atom. The molecule has 0 bridgehead atoms. The first kappa shape index (κ1) is 14.1. The van der Waals surface area contributed by atoms with Crippen LogP contribution in [0.4, 0.5) is 11.9 Å². The Morgan fingerprint density at radius 3 is 2.75 bits per heavy atom. The summed E-state index contributed by atoms with van der Waals surface area (Å²) in [5, 5.41) is 6.10. The Balaban J connectivity index is 2.05. The number of nitrogens with one attached hydrogen (secondary N) is 2. The fourth-order valence-corrected chi connectivity index (χ4v) is 1.73. The highest BCUT2D eigenvalue weighted by atomic mass is 16.5. The predicted octanol–water partition coefficient (Wildman–Crippen LogP) is 1.95. The first-order valence-electron chi connectivity index (χ1n) is 6.56. The van der Waals surface area contributed by atoms with Crippen molar-refractivity contribution in [2.75, 3.05) is 24.3 Å². The van der Waals surface area contributed by atoms with E-state index in [-0.39, 0.29) is 6.04 Å². The number of hydrogen-bond acceptors (Lipinski definition) is 7. The maximum Gasteiger partial charge on any atom is 0.323 e. The zero-order chi connectivity index (χ0) is 14.4. The van der Waals surface area contributed by atoms with Gasteiger partial charge in [0.05, 0.1) is 12.9 Å². The third kappa shape index (κ3) is 3.84. The normalized spacial score (nSPS) is 11.9. The van der Waals surface area contributed by atoms with E-state index in [0.717, 1.165) is 12.2 Å². The van der Waals surface area contributed by atoms with Crippen molar-refractivity contribution in [3.8, 4) is 6.01 Å². The van der Waals surface area contributed by atoms with Crippen LogP contribution in [-0.2, 0) is 6.42 Å². The van der Waals surface area contributed by atoms with Gasteiger partial charge in [0.15, 0.2) is 0 Å². The molecule has 1 unspecified atom stereocenters. The number of furan rings is 1. The van der Waals surface area contributed by atoms with Crippen LogP contribution >= 0.6 is 0 Å². The highest BCUT2D eigenvalue weighted by Crippen LogP contribution is 2.13. The molecule has 2 aromatic heterocycles. The van der Waals surface area contributed by atoms with Gasteiger partial charge >= 0.3 is 6.01 Å². The SMILES string of the molecule is CCOc1nc(NC)nc(NC(C)Cc2ccco2)n1. The minimum absolute atomic E-state index is 0.128. The van der Waals surface area contributed by atoms with Gasteiger partial charge in [-0.1, -0.05) is 0 Å². The molecule has 2 N–H and O–H groups in total. The predicted molar refractivity (Wildman–Crippen MR) is 76.0 cm³/mol. The van der Waals surface area contributed by atoms with Crippen molar-refractivity contribution < 1.29 is 9.15 Å². The molecule has 20 heavy (non-hydrogen) atoms. The summed E-state index contributed by atoms with van der Waals surface area (Å²) in [6, 6.07) is 4.25. The molecule has 0 radical (unpaired) electrons. The van der Waals surface area contributed by atoms with E-state index in [1.165, 1.54) is 0 Å². The minimum Gasteiger partial charge on any atom is -0.469 e. The summed E-state index contributed by atoms with van der Waals surface area (Å²) in [6.45, 7) is 4.43. The Hall–Kier alpha value is -2.31. The van der Waals surface area contributed by atoms with Crippen molar-refractivity contribution in [1.29, 1.82) is 0 Å². The van der Waals surface area contributed by atoms with Gasteiger partial charge in [0.1, 0.15) is 5.76 Å². The lowest BCUT2D eigenvalue weighted by Gasteiger charge is -2.13. The minimum atomic E-state index is 0.128. The molecule has 108 valence electrons. The van der Waals surface area contributed by atoms with E-state index in [1.807, 2.05) is 26.0 Å². The molecule has 0 amide bonds. The third-order valence-corrected chi connectivity index (χ3v) is 2.57. The van der Waals surface area contributed by atoms with Crippen LogP contribution in [-0.4, -0.2) is 34.6 Å². The quantitative estimate of drug-likeness (QED) is 0.800. The lowest BCUT2D eigenvalue weighted by atomic mass is 10.2. The van der Waals surface area contributed by atoms with E-state index < -0.39 is 0 Å². The van der Waals surface area contributed by atoms with Crippen LogP contribution in [0, 0.1) is 0 Å². The molecule has 1 atom stereocenters. The van der Waals surface area contributed by atoms with Gasteiger partial charge in [-0.2, -0.15) is 15.0 Å². The Bertz CT molecular complexity index is 530. The van der Waals surface area contributed by atoms with Crippen molar-refractivity contribution in [2.45, 2.75) is 26.3 Å². The Morgan fingerprint density at radius 1 is 1.30 bits per heavy atom. The molecule has 7 nitrogen and oxygen atoms in total. The molecular weight excluding hydrogens is 258 g/mol. The van der Waals surface area contributed by atoms with Crippen LogP contribution in [0.15, 0.2) is 22.8 Å². The number of nitrogens with zero attached hydrogens (tertiary/aromatic N) is 3. The zero-order valence-electron chi connectivity index (χ0n) is 11.9. The summed E-state index contributed by atoms with van der Waals surface area (Å²) in [7, 11) is 1.75. The average Bonchev–Trinajstić information content (AvgIpc) is 2.91. The Kier molecular flexibility index (Phi) is 4.75. The lowest BCUT2D eigenvalue weighted by molar-refractivity contribution is 0.312.